The second-order valence-corrected chi connectivity index (χ2v) is 6.33. The van der Waals surface area contributed by atoms with Gasteiger partial charge in [-0.1, -0.05) is 12.1 Å². The zero-order valence-electron chi connectivity index (χ0n) is 16.2. The maximum atomic E-state index is 13.5. The van der Waals surface area contributed by atoms with Crippen LogP contribution in [0, 0.1) is 17.1 Å². The first kappa shape index (κ1) is 21.2. The van der Waals surface area contributed by atoms with E-state index in [-0.39, 0.29) is 24.4 Å². The van der Waals surface area contributed by atoms with Crippen molar-refractivity contribution in [2.24, 2.45) is 0 Å². The number of ether oxygens (including phenoxy) is 2. The minimum absolute atomic E-state index is 0.173. The van der Waals surface area contributed by atoms with Crippen LogP contribution in [0.5, 0.6) is 11.5 Å². The second-order valence-electron chi connectivity index (χ2n) is 6.33. The van der Waals surface area contributed by atoms with Gasteiger partial charge in [0.25, 0.3) is 5.91 Å². The number of rotatable bonds is 9. The quantitative estimate of drug-likeness (QED) is 0.718. The van der Waals surface area contributed by atoms with Gasteiger partial charge in [-0.15, -0.1) is 0 Å². The Morgan fingerprint density at radius 3 is 2.64 bits per heavy atom. The molecule has 0 spiro atoms. The van der Waals surface area contributed by atoms with Gasteiger partial charge in [-0.3, -0.25) is 4.79 Å². The zero-order valence-corrected chi connectivity index (χ0v) is 16.2. The maximum absolute atomic E-state index is 13.5. The van der Waals surface area contributed by atoms with E-state index in [1.54, 1.807) is 24.3 Å². The smallest absolute Gasteiger partial charge is 0.258 e. The van der Waals surface area contributed by atoms with Gasteiger partial charge in [0.1, 0.15) is 5.82 Å². The second kappa shape index (κ2) is 10.3. The molecule has 0 heterocycles. The predicted octanol–water partition coefficient (Wildman–Crippen LogP) is 2.89. The van der Waals surface area contributed by atoms with E-state index >= 15 is 0 Å². The molecule has 0 radical (unpaired) electrons. The van der Waals surface area contributed by atoms with Crippen molar-refractivity contribution in [3.8, 4) is 17.6 Å². The summed E-state index contributed by atoms with van der Waals surface area (Å²) in [6, 6.07) is 12.9. The van der Waals surface area contributed by atoms with Crippen LogP contribution >= 0.6 is 0 Å². The van der Waals surface area contributed by atoms with Crippen molar-refractivity contribution < 1.29 is 18.7 Å². The van der Waals surface area contributed by atoms with Gasteiger partial charge in [-0.05, 0) is 50.8 Å². The van der Waals surface area contributed by atoms with Crippen LogP contribution in [0.2, 0.25) is 0 Å². The van der Waals surface area contributed by atoms with E-state index in [2.05, 4.69) is 5.32 Å². The highest BCUT2D eigenvalue weighted by Gasteiger charge is 2.16. The molecule has 7 heteroatoms. The van der Waals surface area contributed by atoms with Gasteiger partial charge in [-0.25, -0.2) is 4.39 Å². The van der Waals surface area contributed by atoms with Gasteiger partial charge in [0.15, 0.2) is 18.1 Å². The first-order valence-electron chi connectivity index (χ1n) is 8.93. The molecule has 0 aliphatic heterocycles. The van der Waals surface area contributed by atoms with E-state index in [1.807, 2.05) is 38.1 Å². The molecule has 0 saturated heterocycles. The SMILES string of the molecule is CCOc1cc(C#N)ccc1OCC(=O)NCC(c1cccc(F)c1)N(C)C. The predicted molar refractivity (Wildman–Crippen MR) is 104 cm³/mol. The molecule has 0 bridgehead atoms. The number of likely N-dealkylation sites (N-methyl/N-ethyl adjacent to an activating group) is 1. The number of benzene rings is 2. The fourth-order valence-electron chi connectivity index (χ4n) is 2.68. The lowest BCUT2D eigenvalue weighted by atomic mass is 10.1. The number of nitrogens with zero attached hydrogens (tertiary/aromatic N) is 2. The number of carbonyl (C=O) groups is 1. The van der Waals surface area contributed by atoms with Crippen LogP contribution in [0.4, 0.5) is 4.39 Å². The number of nitriles is 1. The van der Waals surface area contributed by atoms with E-state index in [0.29, 0.717) is 30.2 Å². The molecule has 148 valence electrons. The number of amides is 1. The summed E-state index contributed by atoms with van der Waals surface area (Å²) < 4.78 is 24.5. The number of hydrogen-bond acceptors (Lipinski definition) is 5. The van der Waals surface area contributed by atoms with Gasteiger partial charge >= 0.3 is 0 Å². The highest BCUT2D eigenvalue weighted by Crippen LogP contribution is 2.28. The van der Waals surface area contributed by atoms with Gasteiger partial charge in [0.2, 0.25) is 0 Å². The molecule has 1 N–H and O–H groups in total. The third-order valence-electron chi connectivity index (χ3n) is 4.08. The Morgan fingerprint density at radius 2 is 2.00 bits per heavy atom. The van der Waals surface area contributed by atoms with E-state index in [4.69, 9.17) is 14.7 Å². The van der Waals surface area contributed by atoms with Crippen LogP contribution in [-0.2, 0) is 4.79 Å². The molecule has 0 aliphatic rings. The molecule has 1 amide bonds. The molecule has 0 fully saturated rings. The summed E-state index contributed by atoms with van der Waals surface area (Å²) in [4.78, 5) is 14.1. The van der Waals surface area contributed by atoms with E-state index in [0.717, 1.165) is 5.56 Å². The molecule has 1 unspecified atom stereocenters. The van der Waals surface area contributed by atoms with Crippen LogP contribution in [0.3, 0.4) is 0 Å². The Morgan fingerprint density at radius 1 is 1.21 bits per heavy atom. The minimum atomic E-state index is -0.316. The largest absolute Gasteiger partial charge is 0.490 e. The van der Waals surface area contributed by atoms with Crippen molar-refractivity contribution >= 4 is 5.91 Å². The van der Waals surface area contributed by atoms with E-state index < -0.39 is 0 Å². The lowest BCUT2D eigenvalue weighted by molar-refractivity contribution is -0.123. The summed E-state index contributed by atoms with van der Waals surface area (Å²) in [5.74, 6) is 0.184. The Bertz CT molecular complexity index is 849. The molecule has 0 aliphatic carbocycles. The number of halogens is 1. The van der Waals surface area contributed by atoms with Gasteiger partial charge < -0.3 is 19.7 Å². The Balaban J connectivity index is 1.96. The fourth-order valence-corrected chi connectivity index (χ4v) is 2.68. The first-order chi connectivity index (χ1) is 13.4. The molecular formula is C21H24FN3O3. The molecule has 2 aromatic rings. The lowest BCUT2D eigenvalue weighted by Crippen LogP contribution is -2.37. The summed E-state index contributed by atoms with van der Waals surface area (Å²) >= 11 is 0. The van der Waals surface area contributed by atoms with Gasteiger partial charge in [0.05, 0.1) is 24.3 Å². The topological polar surface area (TPSA) is 74.6 Å². The van der Waals surface area contributed by atoms with Crippen molar-refractivity contribution in [1.82, 2.24) is 10.2 Å². The Kier molecular flexibility index (Phi) is 7.78. The third kappa shape index (κ3) is 5.96. The van der Waals surface area contributed by atoms with Crippen LogP contribution in [0.25, 0.3) is 0 Å². The summed E-state index contributed by atoms with van der Waals surface area (Å²) in [6.45, 7) is 2.35. The standard InChI is InChI=1S/C21H24FN3O3/c1-4-27-20-10-15(12-23)8-9-19(20)28-14-21(26)24-13-18(25(2)3)16-6-5-7-17(22)11-16/h5-11,18H,4,13-14H2,1-3H3,(H,24,26). The highest BCUT2D eigenvalue weighted by atomic mass is 19.1. The van der Waals surface area contributed by atoms with Crippen LogP contribution in [0.1, 0.15) is 24.1 Å². The Labute approximate surface area is 164 Å². The minimum Gasteiger partial charge on any atom is -0.490 e. The average Bonchev–Trinajstić information content (AvgIpc) is 2.67. The van der Waals surface area contributed by atoms with E-state index in [9.17, 15) is 9.18 Å². The van der Waals surface area contributed by atoms with Crippen LogP contribution < -0.4 is 14.8 Å². The molecule has 0 aromatic heterocycles. The average molecular weight is 385 g/mol. The van der Waals surface area contributed by atoms with Crippen molar-refractivity contribution in [2.45, 2.75) is 13.0 Å². The Hall–Kier alpha value is -3.11. The highest BCUT2D eigenvalue weighted by molar-refractivity contribution is 5.77. The first-order valence-corrected chi connectivity index (χ1v) is 8.93. The van der Waals surface area contributed by atoms with Crippen molar-refractivity contribution in [3.63, 3.8) is 0 Å². The molecule has 6 nitrogen and oxygen atoms in total. The molecule has 0 saturated carbocycles. The lowest BCUT2D eigenvalue weighted by Gasteiger charge is -2.25. The number of nitrogens with one attached hydrogen (secondary N) is 1. The molecular weight excluding hydrogens is 361 g/mol. The summed E-state index contributed by atoms with van der Waals surface area (Å²) in [7, 11) is 3.73. The monoisotopic (exact) mass is 385 g/mol. The fraction of sp³-hybridized carbons (Fsp3) is 0.333. The molecule has 2 rings (SSSR count). The zero-order chi connectivity index (χ0) is 20.5. The summed E-state index contributed by atoms with van der Waals surface area (Å²) in [5.41, 5.74) is 1.22. The summed E-state index contributed by atoms with van der Waals surface area (Å²) in [5, 5.41) is 11.8. The van der Waals surface area contributed by atoms with Crippen molar-refractivity contribution in [2.75, 3.05) is 33.9 Å². The summed E-state index contributed by atoms with van der Waals surface area (Å²) in [6.07, 6.45) is 0. The van der Waals surface area contributed by atoms with E-state index in [1.165, 1.54) is 12.1 Å². The van der Waals surface area contributed by atoms with Gasteiger partial charge in [-0.2, -0.15) is 5.26 Å². The maximum Gasteiger partial charge on any atom is 0.258 e. The normalized spacial score (nSPS) is 11.6. The molecule has 28 heavy (non-hydrogen) atoms. The van der Waals surface area contributed by atoms with Crippen molar-refractivity contribution in [1.29, 1.82) is 5.26 Å². The molecule has 2 aromatic carbocycles. The van der Waals surface area contributed by atoms with Crippen molar-refractivity contribution in [3.05, 3.63) is 59.4 Å². The third-order valence-corrected chi connectivity index (χ3v) is 4.08. The molecule has 1 atom stereocenters. The van der Waals surface area contributed by atoms with Crippen LogP contribution in [-0.4, -0.2) is 44.7 Å². The number of hydrogen-bond donors (Lipinski definition) is 1. The van der Waals surface area contributed by atoms with Crippen LogP contribution in [0.15, 0.2) is 42.5 Å². The number of carbonyl (C=O) groups excluding carboxylic acids is 1. The van der Waals surface area contributed by atoms with Gasteiger partial charge in [0, 0.05) is 12.6 Å².